The summed E-state index contributed by atoms with van der Waals surface area (Å²) < 4.78 is 5.79. The van der Waals surface area contributed by atoms with Crippen molar-refractivity contribution in [2.24, 2.45) is 11.3 Å². The van der Waals surface area contributed by atoms with Crippen molar-refractivity contribution < 1.29 is 9.21 Å². The summed E-state index contributed by atoms with van der Waals surface area (Å²) in [6.07, 6.45) is 4.40. The molecule has 0 aliphatic heterocycles. The van der Waals surface area contributed by atoms with Gasteiger partial charge < -0.3 is 15.1 Å². The van der Waals surface area contributed by atoms with Gasteiger partial charge in [0, 0.05) is 18.5 Å². The van der Waals surface area contributed by atoms with E-state index in [-0.39, 0.29) is 17.5 Å². The van der Waals surface area contributed by atoms with Crippen LogP contribution in [0, 0.1) is 18.3 Å². The van der Waals surface area contributed by atoms with Gasteiger partial charge in [0.2, 0.25) is 0 Å². The highest BCUT2D eigenvalue weighted by atomic mass is 16.3. The largest absolute Gasteiger partial charge is 0.466 e. The fourth-order valence-electron chi connectivity index (χ4n) is 3.08. The molecule has 110 valence electrons. The number of nitrogens with one attached hydrogen (secondary N) is 2. The zero-order valence-corrected chi connectivity index (χ0v) is 12.6. The first kappa shape index (κ1) is 13.5. The Morgan fingerprint density at radius 1 is 1.45 bits per heavy atom. The number of fused-ring (bicyclic) bond motifs is 1. The van der Waals surface area contributed by atoms with Crippen molar-refractivity contribution in [1.82, 2.24) is 10.6 Å². The van der Waals surface area contributed by atoms with Crippen LogP contribution < -0.4 is 10.6 Å². The summed E-state index contributed by atoms with van der Waals surface area (Å²) in [6.45, 7) is 7.23. The molecule has 0 radical (unpaired) electrons. The molecule has 3 rings (SSSR count). The molecule has 4 nitrogen and oxygen atoms in total. The van der Waals surface area contributed by atoms with E-state index < -0.39 is 0 Å². The van der Waals surface area contributed by atoms with Crippen LogP contribution in [0.15, 0.2) is 10.5 Å². The van der Waals surface area contributed by atoms with Crippen molar-refractivity contribution in [3.63, 3.8) is 0 Å². The zero-order chi connectivity index (χ0) is 14.3. The number of hydrogen-bond donors (Lipinski definition) is 2. The first-order valence-electron chi connectivity index (χ1n) is 7.56. The smallest absolute Gasteiger partial charge is 0.315 e. The lowest BCUT2D eigenvalue weighted by molar-refractivity contribution is 0.214. The van der Waals surface area contributed by atoms with Gasteiger partial charge in [0.25, 0.3) is 0 Å². The van der Waals surface area contributed by atoms with Crippen LogP contribution in [0.5, 0.6) is 0 Å². The summed E-state index contributed by atoms with van der Waals surface area (Å²) in [5, 5.41) is 6.09. The molecule has 1 fully saturated rings. The van der Waals surface area contributed by atoms with E-state index in [9.17, 15) is 4.79 Å². The van der Waals surface area contributed by atoms with Crippen LogP contribution in [0.2, 0.25) is 0 Å². The molecule has 1 saturated carbocycles. The lowest BCUT2D eigenvalue weighted by atomic mass is 9.75. The zero-order valence-electron chi connectivity index (χ0n) is 12.6. The summed E-state index contributed by atoms with van der Waals surface area (Å²) in [4.78, 5) is 12.0. The minimum atomic E-state index is -0.0515. The Balaban J connectivity index is 1.69. The Kier molecular flexibility index (Phi) is 3.27. The normalized spacial score (nSPS) is 24.1. The number of amides is 2. The number of hydrogen-bond acceptors (Lipinski definition) is 2. The average molecular weight is 276 g/mol. The molecule has 0 aromatic carbocycles. The Labute approximate surface area is 120 Å². The second-order valence-electron chi connectivity index (χ2n) is 7.13. The molecular formula is C16H24N2O2. The lowest BCUT2D eigenvalue weighted by Gasteiger charge is -2.34. The van der Waals surface area contributed by atoms with Gasteiger partial charge in [-0.15, -0.1) is 0 Å². The summed E-state index contributed by atoms with van der Waals surface area (Å²) in [5.41, 5.74) is 1.31. The van der Waals surface area contributed by atoms with Gasteiger partial charge in [-0.25, -0.2) is 4.79 Å². The molecule has 1 unspecified atom stereocenters. The minimum Gasteiger partial charge on any atom is -0.466 e. The fourth-order valence-corrected chi connectivity index (χ4v) is 3.08. The maximum Gasteiger partial charge on any atom is 0.315 e. The minimum absolute atomic E-state index is 0.0515. The van der Waals surface area contributed by atoms with E-state index in [1.165, 1.54) is 12.8 Å². The van der Waals surface area contributed by atoms with Crippen LogP contribution in [-0.4, -0.2) is 12.6 Å². The predicted octanol–water partition coefficient (Wildman–Crippen LogP) is 3.31. The third kappa shape index (κ3) is 3.00. The lowest BCUT2D eigenvalue weighted by Crippen LogP contribution is -2.42. The van der Waals surface area contributed by atoms with Gasteiger partial charge in [-0.2, -0.15) is 0 Å². The Hall–Kier alpha value is -1.45. The van der Waals surface area contributed by atoms with E-state index in [0.29, 0.717) is 5.92 Å². The average Bonchev–Trinajstić information content (AvgIpc) is 3.08. The van der Waals surface area contributed by atoms with Gasteiger partial charge in [-0.05, 0) is 43.6 Å². The maximum atomic E-state index is 12.0. The van der Waals surface area contributed by atoms with E-state index >= 15 is 0 Å². The van der Waals surface area contributed by atoms with Gasteiger partial charge in [0.05, 0.1) is 6.04 Å². The van der Waals surface area contributed by atoms with Crippen molar-refractivity contribution in [3.8, 4) is 0 Å². The first-order valence-corrected chi connectivity index (χ1v) is 7.56. The van der Waals surface area contributed by atoms with Gasteiger partial charge in [0.1, 0.15) is 11.5 Å². The van der Waals surface area contributed by atoms with Crippen LogP contribution in [0.4, 0.5) is 4.79 Å². The molecule has 1 aromatic rings. The topological polar surface area (TPSA) is 54.3 Å². The monoisotopic (exact) mass is 276 g/mol. The second-order valence-corrected chi connectivity index (χ2v) is 7.13. The van der Waals surface area contributed by atoms with Crippen molar-refractivity contribution in [2.45, 2.75) is 52.5 Å². The fraction of sp³-hybridized carbons (Fsp3) is 0.688. The summed E-state index contributed by atoms with van der Waals surface area (Å²) in [7, 11) is 0. The molecule has 2 aliphatic carbocycles. The molecule has 1 aromatic heterocycles. The standard InChI is InChI=1S/C16H24N2O2/c1-10-6-12-13(7-16(2,3)8-14(12)20-10)18-15(19)17-9-11-4-5-11/h6,11,13H,4-5,7-9H2,1-3H3,(H2,17,18,19). The van der Waals surface area contributed by atoms with Crippen molar-refractivity contribution in [3.05, 3.63) is 23.2 Å². The van der Waals surface area contributed by atoms with Gasteiger partial charge in [-0.3, -0.25) is 0 Å². The predicted molar refractivity (Wildman–Crippen MR) is 77.5 cm³/mol. The summed E-state index contributed by atoms with van der Waals surface area (Å²) in [5.74, 6) is 2.67. The highest BCUT2D eigenvalue weighted by molar-refractivity contribution is 5.74. The SMILES string of the molecule is Cc1cc2c(o1)CC(C)(C)CC2NC(=O)NCC1CC1. The highest BCUT2D eigenvalue weighted by Crippen LogP contribution is 2.41. The highest BCUT2D eigenvalue weighted by Gasteiger charge is 2.35. The molecule has 4 heteroatoms. The van der Waals surface area contributed by atoms with Crippen LogP contribution >= 0.6 is 0 Å². The molecule has 0 saturated heterocycles. The van der Waals surface area contributed by atoms with E-state index in [0.717, 1.165) is 36.5 Å². The summed E-state index contributed by atoms with van der Waals surface area (Å²) >= 11 is 0. The summed E-state index contributed by atoms with van der Waals surface area (Å²) in [6, 6.07) is 2.07. The molecule has 0 spiro atoms. The van der Waals surface area contributed by atoms with E-state index in [2.05, 4.69) is 30.5 Å². The molecule has 20 heavy (non-hydrogen) atoms. The van der Waals surface area contributed by atoms with E-state index in [4.69, 9.17) is 4.42 Å². The van der Waals surface area contributed by atoms with Crippen LogP contribution in [0.3, 0.4) is 0 Å². The van der Waals surface area contributed by atoms with Crippen LogP contribution in [0.25, 0.3) is 0 Å². The van der Waals surface area contributed by atoms with E-state index in [1.54, 1.807) is 0 Å². The molecular weight excluding hydrogens is 252 g/mol. The number of rotatable bonds is 3. The maximum absolute atomic E-state index is 12.0. The Bertz CT molecular complexity index is 515. The first-order chi connectivity index (χ1) is 9.43. The number of urea groups is 1. The number of furan rings is 1. The Morgan fingerprint density at radius 2 is 2.20 bits per heavy atom. The number of aryl methyl sites for hydroxylation is 1. The van der Waals surface area contributed by atoms with Crippen molar-refractivity contribution in [2.75, 3.05) is 6.54 Å². The van der Waals surface area contributed by atoms with Crippen molar-refractivity contribution in [1.29, 1.82) is 0 Å². The van der Waals surface area contributed by atoms with E-state index in [1.807, 2.05) is 6.92 Å². The Morgan fingerprint density at radius 3 is 2.90 bits per heavy atom. The number of carbonyl (C=O) groups is 1. The third-order valence-corrected chi connectivity index (χ3v) is 4.29. The molecule has 1 heterocycles. The van der Waals surface area contributed by atoms with Crippen LogP contribution in [0.1, 0.15) is 56.2 Å². The quantitative estimate of drug-likeness (QED) is 0.890. The van der Waals surface area contributed by atoms with Gasteiger partial charge in [-0.1, -0.05) is 13.8 Å². The molecule has 2 amide bonds. The number of carbonyl (C=O) groups excluding carboxylic acids is 1. The van der Waals surface area contributed by atoms with Gasteiger partial charge >= 0.3 is 6.03 Å². The van der Waals surface area contributed by atoms with Crippen LogP contribution in [-0.2, 0) is 6.42 Å². The molecule has 1 atom stereocenters. The van der Waals surface area contributed by atoms with Crippen molar-refractivity contribution >= 4 is 6.03 Å². The third-order valence-electron chi connectivity index (χ3n) is 4.29. The molecule has 2 aliphatic rings. The molecule has 0 bridgehead atoms. The van der Waals surface area contributed by atoms with Gasteiger partial charge in [0.15, 0.2) is 0 Å². The molecule has 2 N–H and O–H groups in total. The second kappa shape index (κ2) is 4.83.